The van der Waals surface area contributed by atoms with Crippen molar-refractivity contribution in [3.63, 3.8) is 0 Å². The van der Waals surface area contributed by atoms with Gasteiger partial charge in [0.25, 0.3) is 0 Å². The number of hydrogen-bond acceptors (Lipinski definition) is 6. The average Bonchev–Trinajstić information content (AvgIpc) is 3.31. The minimum Gasteiger partial charge on any atom is -0.376 e. The first kappa shape index (κ1) is 18.2. The summed E-state index contributed by atoms with van der Waals surface area (Å²) < 4.78 is 7.87. The molecule has 146 valence electrons. The van der Waals surface area contributed by atoms with Gasteiger partial charge in [-0.05, 0) is 30.7 Å². The molecule has 4 rings (SSSR count). The van der Waals surface area contributed by atoms with E-state index >= 15 is 0 Å². The normalized spacial score (nSPS) is 25.9. The summed E-state index contributed by atoms with van der Waals surface area (Å²) in [6.45, 7) is 7.29. The number of aryl methyl sites for hydroxylation is 1. The minimum absolute atomic E-state index is 0.235. The largest absolute Gasteiger partial charge is 0.376 e. The van der Waals surface area contributed by atoms with Crippen LogP contribution in [0.3, 0.4) is 0 Å². The highest BCUT2D eigenvalue weighted by molar-refractivity contribution is 5.50. The lowest BCUT2D eigenvalue weighted by atomic mass is 9.94. The van der Waals surface area contributed by atoms with Crippen LogP contribution in [0.2, 0.25) is 0 Å². The molecule has 2 aromatic rings. The van der Waals surface area contributed by atoms with E-state index in [1.165, 1.54) is 5.56 Å². The highest BCUT2D eigenvalue weighted by atomic mass is 16.5. The third-order valence-electron chi connectivity index (χ3n) is 5.72. The van der Waals surface area contributed by atoms with Crippen molar-refractivity contribution in [3.05, 3.63) is 30.4 Å². The van der Waals surface area contributed by atoms with Gasteiger partial charge in [-0.25, -0.2) is 9.97 Å². The first-order valence-electron chi connectivity index (χ1n) is 10.0. The van der Waals surface area contributed by atoms with Crippen LogP contribution in [-0.4, -0.2) is 51.6 Å². The zero-order valence-electron chi connectivity index (χ0n) is 16.5. The van der Waals surface area contributed by atoms with E-state index in [9.17, 15) is 0 Å². The predicted octanol–water partition coefficient (Wildman–Crippen LogP) is 2.82. The first-order chi connectivity index (χ1) is 13.1. The number of aromatic nitrogens is 4. The summed E-state index contributed by atoms with van der Waals surface area (Å²) in [6.07, 6.45) is 9.35. The van der Waals surface area contributed by atoms with Crippen LogP contribution in [0.4, 0.5) is 11.6 Å². The number of nitrogens with zero attached hydrogens (tertiary/aromatic N) is 5. The topological polar surface area (TPSA) is 68.1 Å². The highest BCUT2D eigenvalue weighted by Crippen LogP contribution is 2.30. The molecule has 1 N–H and O–H groups in total. The van der Waals surface area contributed by atoms with Crippen molar-refractivity contribution in [3.8, 4) is 0 Å². The van der Waals surface area contributed by atoms with Crippen molar-refractivity contribution < 1.29 is 4.74 Å². The van der Waals surface area contributed by atoms with E-state index in [1.54, 1.807) is 6.33 Å². The third-order valence-corrected chi connectivity index (χ3v) is 5.72. The van der Waals surface area contributed by atoms with Crippen molar-refractivity contribution in [1.82, 2.24) is 19.7 Å². The summed E-state index contributed by atoms with van der Waals surface area (Å²) in [7, 11) is 1.97. The van der Waals surface area contributed by atoms with E-state index in [1.807, 2.05) is 17.9 Å². The van der Waals surface area contributed by atoms with Gasteiger partial charge in [-0.15, -0.1) is 0 Å². The van der Waals surface area contributed by atoms with Crippen molar-refractivity contribution in [2.24, 2.45) is 13.0 Å². The Labute approximate surface area is 161 Å². The second kappa shape index (κ2) is 7.84. The van der Waals surface area contributed by atoms with Crippen LogP contribution >= 0.6 is 0 Å². The molecule has 2 aromatic heterocycles. The van der Waals surface area contributed by atoms with Crippen molar-refractivity contribution in [1.29, 1.82) is 0 Å². The molecule has 0 radical (unpaired) electrons. The summed E-state index contributed by atoms with van der Waals surface area (Å²) in [5, 5.41) is 7.92. The predicted molar refractivity (Wildman–Crippen MR) is 106 cm³/mol. The Morgan fingerprint density at radius 2 is 2.15 bits per heavy atom. The number of nitrogens with one attached hydrogen (secondary N) is 1. The Kier molecular flexibility index (Phi) is 5.29. The lowest BCUT2D eigenvalue weighted by molar-refractivity contribution is -0.0203. The standard InChI is InChI=1S/C20H30N6O/c1-14(2)20-17(5-4-8-27-20)24-18-9-19(22-13-21-18)26-7-6-15(12-26)16-10-23-25(3)11-16/h9-11,13-15,17,20H,4-8,12H2,1-3H3,(H,21,22,24)/t15-,17-,20+/m1/s1. The first-order valence-corrected chi connectivity index (χ1v) is 10.0. The fourth-order valence-electron chi connectivity index (χ4n) is 4.29. The van der Waals surface area contributed by atoms with Crippen molar-refractivity contribution >= 4 is 11.6 Å². The summed E-state index contributed by atoms with van der Waals surface area (Å²) in [5.41, 5.74) is 1.31. The monoisotopic (exact) mass is 370 g/mol. The van der Waals surface area contributed by atoms with Crippen LogP contribution in [0.1, 0.15) is 44.6 Å². The minimum atomic E-state index is 0.235. The molecular formula is C20H30N6O. The van der Waals surface area contributed by atoms with Gasteiger partial charge in [0.2, 0.25) is 0 Å². The summed E-state index contributed by atoms with van der Waals surface area (Å²) in [4.78, 5) is 11.3. The molecule has 7 nitrogen and oxygen atoms in total. The molecule has 2 aliphatic heterocycles. The van der Waals surface area contributed by atoms with Crippen LogP contribution in [0.15, 0.2) is 24.8 Å². The molecule has 0 unspecified atom stereocenters. The molecule has 2 aliphatic rings. The van der Waals surface area contributed by atoms with Crippen LogP contribution in [0.5, 0.6) is 0 Å². The maximum atomic E-state index is 6.00. The SMILES string of the molecule is CC(C)[C@@H]1OCCC[C@H]1Nc1cc(N2CC[C@@H](c3cnn(C)c3)C2)ncn1. The smallest absolute Gasteiger partial charge is 0.134 e. The van der Waals surface area contributed by atoms with E-state index in [-0.39, 0.29) is 6.10 Å². The number of rotatable bonds is 5. The zero-order valence-corrected chi connectivity index (χ0v) is 16.5. The van der Waals surface area contributed by atoms with E-state index in [0.29, 0.717) is 17.9 Å². The van der Waals surface area contributed by atoms with E-state index in [2.05, 4.69) is 51.4 Å². The molecule has 27 heavy (non-hydrogen) atoms. The van der Waals surface area contributed by atoms with Gasteiger partial charge >= 0.3 is 0 Å². The average molecular weight is 371 g/mol. The van der Waals surface area contributed by atoms with Crippen molar-refractivity contribution in [2.75, 3.05) is 29.9 Å². The zero-order chi connectivity index (χ0) is 18.8. The molecular weight excluding hydrogens is 340 g/mol. The van der Waals surface area contributed by atoms with Crippen molar-refractivity contribution in [2.45, 2.75) is 51.2 Å². The Hall–Kier alpha value is -2.15. The fourth-order valence-corrected chi connectivity index (χ4v) is 4.29. The van der Waals surface area contributed by atoms with Crippen LogP contribution in [0.25, 0.3) is 0 Å². The summed E-state index contributed by atoms with van der Waals surface area (Å²) in [5.74, 6) is 2.90. The van der Waals surface area contributed by atoms with E-state index in [0.717, 1.165) is 50.6 Å². The van der Waals surface area contributed by atoms with Crippen LogP contribution in [0, 0.1) is 5.92 Å². The summed E-state index contributed by atoms with van der Waals surface area (Å²) >= 11 is 0. The Bertz CT molecular complexity index is 760. The second-order valence-electron chi connectivity index (χ2n) is 8.11. The van der Waals surface area contributed by atoms with Gasteiger partial charge in [0.05, 0.1) is 18.3 Å². The van der Waals surface area contributed by atoms with Gasteiger partial charge in [0, 0.05) is 44.9 Å². The van der Waals surface area contributed by atoms with E-state index < -0.39 is 0 Å². The molecule has 0 bridgehead atoms. The highest BCUT2D eigenvalue weighted by Gasteiger charge is 2.29. The van der Waals surface area contributed by atoms with Crippen LogP contribution < -0.4 is 10.2 Å². The molecule has 0 aliphatic carbocycles. The third kappa shape index (κ3) is 4.08. The fraction of sp³-hybridized carbons (Fsp3) is 0.650. The maximum Gasteiger partial charge on any atom is 0.134 e. The van der Waals surface area contributed by atoms with Gasteiger partial charge in [-0.1, -0.05) is 13.8 Å². The Morgan fingerprint density at radius 3 is 2.93 bits per heavy atom. The van der Waals surface area contributed by atoms with Gasteiger partial charge < -0.3 is 15.0 Å². The number of ether oxygens (including phenoxy) is 1. The molecule has 0 aromatic carbocycles. The van der Waals surface area contributed by atoms with Gasteiger partial charge in [-0.3, -0.25) is 4.68 Å². The van der Waals surface area contributed by atoms with Gasteiger partial charge in [0.1, 0.15) is 18.0 Å². The van der Waals surface area contributed by atoms with Gasteiger partial charge in [-0.2, -0.15) is 5.10 Å². The molecule has 7 heteroatoms. The quantitative estimate of drug-likeness (QED) is 0.873. The lowest BCUT2D eigenvalue weighted by Gasteiger charge is -2.35. The lowest BCUT2D eigenvalue weighted by Crippen LogP contribution is -2.43. The molecule has 0 spiro atoms. The number of hydrogen-bond donors (Lipinski definition) is 1. The Balaban J connectivity index is 1.43. The number of anilines is 2. The Morgan fingerprint density at radius 1 is 1.26 bits per heavy atom. The molecule has 2 saturated heterocycles. The molecule has 2 fully saturated rings. The van der Waals surface area contributed by atoms with Gasteiger partial charge in [0.15, 0.2) is 0 Å². The molecule has 3 atom stereocenters. The summed E-state index contributed by atoms with van der Waals surface area (Å²) in [6, 6.07) is 2.39. The maximum absolute atomic E-state index is 6.00. The van der Waals surface area contributed by atoms with E-state index in [4.69, 9.17) is 4.74 Å². The molecule has 4 heterocycles. The molecule has 0 saturated carbocycles. The second-order valence-corrected chi connectivity index (χ2v) is 8.11. The molecule has 0 amide bonds. The van der Waals surface area contributed by atoms with Crippen LogP contribution in [-0.2, 0) is 11.8 Å².